The molecule has 0 radical (unpaired) electrons. The molecular weight excluding hydrogens is 448 g/mol. The quantitative estimate of drug-likeness (QED) is 0.576. The Labute approximate surface area is 205 Å². The number of rotatable bonds is 8. The molecule has 0 saturated carbocycles. The van der Waals surface area contributed by atoms with Gasteiger partial charge in [-0.25, -0.2) is 0 Å². The maximum absolute atomic E-state index is 13.2. The molecule has 1 aromatic heterocycles. The fourth-order valence-electron chi connectivity index (χ4n) is 4.34. The summed E-state index contributed by atoms with van der Waals surface area (Å²) in [6.45, 7) is 9.73. The Morgan fingerprint density at radius 3 is 2.69 bits per heavy atom. The first kappa shape index (κ1) is 24.9. The maximum atomic E-state index is 13.2. The van der Waals surface area contributed by atoms with E-state index >= 15 is 0 Å². The van der Waals surface area contributed by atoms with Crippen LogP contribution >= 0.6 is 0 Å². The average molecular weight is 483 g/mol. The van der Waals surface area contributed by atoms with E-state index in [1.165, 1.54) is 6.07 Å². The molecule has 3 amide bonds. The standard InChI is InChI=1S/C25H34N6O4/c1-18-6-3-4-7-20(18)17-30-9-5-10-31-22(25(30)34)16-21(28-31)24(33)27-19(2)23(32)26-8-11-29-12-14-35-15-13-29/h3-4,6-7,16,19H,5,8-15,17H2,1-2H3,(H,26,32)(H,27,33)/t19-/m1/s1. The number of carbonyl (C=O) groups excluding carboxylic acids is 3. The molecule has 4 rings (SSSR count). The predicted molar refractivity (Wildman–Crippen MR) is 130 cm³/mol. The average Bonchev–Trinajstić information content (AvgIpc) is 3.23. The Morgan fingerprint density at radius 2 is 1.91 bits per heavy atom. The highest BCUT2D eigenvalue weighted by molar-refractivity contribution is 5.99. The number of amides is 3. The number of benzene rings is 1. The molecule has 10 heteroatoms. The van der Waals surface area contributed by atoms with Gasteiger partial charge in [0.1, 0.15) is 11.7 Å². The topological polar surface area (TPSA) is 109 Å². The third-order valence-corrected chi connectivity index (χ3v) is 6.51. The van der Waals surface area contributed by atoms with Crippen LogP contribution in [0.4, 0.5) is 0 Å². The van der Waals surface area contributed by atoms with Crippen LogP contribution < -0.4 is 10.6 Å². The zero-order valence-corrected chi connectivity index (χ0v) is 20.5. The zero-order valence-electron chi connectivity index (χ0n) is 20.5. The first-order chi connectivity index (χ1) is 16.9. The molecule has 0 unspecified atom stereocenters. The lowest BCUT2D eigenvalue weighted by molar-refractivity contribution is -0.122. The van der Waals surface area contributed by atoms with Gasteiger partial charge in [0.2, 0.25) is 5.91 Å². The van der Waals surface area contributed by atoms with Gasteiger partial charge < -0.3 is 20.3 Å². The van der Waals surface area contributed by atoms with Gasteiger partial charge in [-0.3, -0.25) is 24.0 Å². The second kappa shape index (κ2) is 11.5. The Bertz CT molecular complexity index is 1060. The number of ether oxygens (including phenoxy) is 1. The third-order valence-electron chi connectivity index (χ3n) is 6.51. The normalized spacial score (nSPS) is 17.4. The fourth-order valence-corrected chi connectivity index (χ4v) is 4.34. The van der Waals surface area contributed by atoms with E-state index < -0.39 is 11.9 Å². The summed E-state index contributed by atoms with van der Waals surface area (Å²) in [5.74, 6) is -0.876. The monoisotopic (exact) mass is 482 g/mol. The summed E-state index contributed by atoms with van der Waals surface area (Å²) < 4.78 is 6.92. The van der Waals surface area contributed by atoms with Crippen molar-refractivity contribution in [3.05, 3.63) is 52.8 Å². The Hall–Kier alpha value is -3.24. The molecule has 1 atom stereocenters. The van der Waals surface area contributed by atoms with Gasteiger partial charge in [-0.1, -0.05) is 24.3 Å². The second-order valence-electron chi connectivity index (χ2n) is 9.08. The van der Waals surface area contributed by atoms with Gasteiger partial charge in [0.25, 0.3) is 11.8 Å². The van der Waals surface area contributed by atoms with Gasteiger partial charge in [-0.2, -0.15) is 5.10 Å². The molecule has 1 fully saturated rings. The van der Waals surface area contributed by atoms with Gasteiger partial charge >= 0.3 is 0 Å². The minimum atomic E-state index is -0.720. The van der Waals surface area contributed by atoms with E-state index in [-0.39, 0.29) is 17.5 Å². The number of morpholine rings is 1. The van der Waals surface area contributed by atoms with Crippen molar-refractivity contribution in [2.24, 2.45) is 0 Å². The summed E-state index contributed by atoms with van der Waals surface area (Å²) in [6, 6.07) is 8.81. The van der Waals surface area contributed by atoms with Crippen LogP contribution in [-0.4, -0.2) is 89.3 Å². The third kappa shape index (κ3) is 6.26. The molecule has 0 bridgehead atoms. The number of aryl methyl sites for hydroxylation is 2. The first-order valence-electron chi connectivity index (χ1n) is 12.2. The molecule has 2 aliphatic rings. The summed E-state index contributed by atoms with van der Waals surface area (Å²) in [6.07, 6.45) is 0.745. The lowest BCUT2D eigenvalue weighted by Crippen LogP contribution is -2.47. The molecule has 2 aromatic rings. The molecule has 0 aliphatic carbocycles. The van der Waals surface area contributed by atoms with Crippen LogP contribution in [0.2, 0.25) is 0 Å². The highest BCUT2D eigenvalue weighted by Gasteiger charge is 2.27. The lowest BCUT2D eigenvalue weighted by Gasteiger charge is -2.26. The summed E-state index contributed by atoms with van der Waals surface area (Å²) in [5.41, 5.74) is 2.76. The Balaban J connectivity index is 1.33. The van der Waals surface area contributed by atoms with Crippen molar-refractivity contribution in [2.45, 2.75) is 39.4 Å². The number of nitrogens with zero attached hydrogens (tertiary/aromatic N) is 4. The van der Waals surface area contributed by atoms with Crippen molar-refractivity contribution >= 4 is 17.7 Å². The van der Waals surface area contributed by atoms with Crippen LogP contribution in [0.5, 0.6) is 0 Å². The van der Waals surface area contributed by atoms with Crippen LogP contribution in [0.15, 0.2) is 30.3 Å². The molecule has 188 valence electrons. The smallest absolute Gasteiger partial charge is 0.272 e. The Kier molecular flexibility index (Phi) is 8.14. The molecule has 3 heterocycles. The molecular formula is C25H34N6O4. The van der Waals surface area contributed by atoms with Crippen LogP contribution in [0.3, 0.4) is 0 Å². The fraction of sp³-hybridized carbons (Fsp3) is 0.520. The predicted octanol–water partition coefficient (Wildman–Crippen LogP) is 0.804. The second-order valence-corrected chi connectivity index (χ2v) is 9.08. The number of carbonyl (C=O) groups is 3. The van der Waals surface area contributed by atoms with Crippen LogP contribution in [0.25, 0.3) is 0 Å². The molecule has 10 nitrogen and oxygen atoms in total. The highest BCUT2D eigenvalue weighted by Crippen LogP contribution is 2.18. The molecule has 1 aromatic carbocycles. The minimum Gasteiger partial charge on any atom is -0.379 e. The Morgan fingerprint density at radius 1 is 1.14 bits per heavy atom. The largest absolute Gasteiger partial charge is 0.379 e. The van der Waals surface area contributed by atoms with E-state index in [1.807, 2.05) is 31.2 Å². The summed E-state index contributed by atoms with van der Waals surface area (Å²) in [7, 11) is 0. The van der Waals surface area contributed by atoms with Gasteiger partial charge in [0.05, 0.1) is 13.2 Å². The van der Waals surface area contributed by atoms with Crippen molar-refractivity contribution < 1.29 is 19.1 Å². The van der Waals surface area contributed by atoms with Crippen molar-refractivity contribution in [1.29, 1.82) is 0 Å². The van der Waals surface area contributed by atoms with E-state index in [0.29, 0.717) is 45.1 Å². The summed E-state index contributed by atoms with van der Waals surface area (Å²) in [5, 5.41) is 9.92. The van der Waals surface area contributed by atoms with E-state index in [1.54, 1.807) is 16.5 Å². The van der Waals surface area contributed by atoms with Crippen molar-refractivity contribution in [2.75, 3.05) is 45.9 Å². The number of aromatic nitrogens is 2. The van der Waals surface area contributed by atoms with Gasteiger partial charge in [-0.15, -0.1) is 0 Å². The summed E-state index contributed by atoms with van der Waals surface area (Å²) >= 11 is 0. The van der Waals surface area contributed by atoms with Crippen molar-refractivity contribution in [3.8, 4) is 0 Å². The maximum Gasteiger partial charge on any atom is 0.272 e. The number of nitrogens with one attached hydrogen (secondary N) is 2. The van der Waals surface area contributed by atoms with Crippen LogP contribution in [0, 0.1) is 6.92 Å². The molecule has 2 N–H and O–H groups in total. The van der Waals surface area contributed by atoms with E-state index in [0.717, 1.165) is 37.2 Å². The molecule has 1 saturated heterocycles. The van der Waals surface area contributed by atoms with Gasteiger partial charge in [0, 0.05) is 51.9 Å². The first-order valence-corrected chi connectivity index (χ1v) is 12.2. The van der Waals surface area contributed by atoms with E-state index in [2.05, 4.69) is 20.6 Å². The van der Waals surface area contributed by atoms with Crippen LogP contribution in [0.1, 0.15) is 45.4 Å². The zero-order chi connectivity index (χ0) is 24.8. The van der Waals surface area contributed by atoms with E-state index in [9.17, 15) is 14.4 Å². The van der Waals surface area contributed by atoms with Gasteiger partial charge in [0.15, 0.2) is 5.69 Å². The van der Waals surface area contributed by atoms with Crippen molar-refractivity contribution in [1.82, 2.24) is 30.2 Å². The SMILES string of the molecule is Cc1ccccc1CN1CCCn2nc(C(=O)N[C@H](C)C(=O)NCCN3CCOCC3)cc2C1=O. The molecule has 0 spiro atoms. The lowest BCUT2D eigenvalue weighted by atomic mass is 10.1. The summed E-state index contributed by atoms with van der Waals surface area (Å²) in [4.78, 5) is 42.5. The number of hydrogen-bond acceptors (Lipinski definition) is 6. The van der Waals surface area contributed by atoms with Crippen molar-refractivity contribution in [3.63, 3.8) is 0 Å². The van der Waals surface area contributed by atoms with Crippen LogP contribution in [-0.2, 0) is 22.6 Å². The highest BCUT2D eigenvalue weighted by atomic mass is 16.5. The van der Waals surface area contributed by atoms with E-state index in [4.69, 9.17) is 4.74 Å². The van der Waals surface area contributed by atoms with Gasteiger partial charge in [-0.05, 0) is 31.4 Å². The molecule has 2 aliphatic heterocycles. The minimum absolute atomic E-state index is 0.138. The molecule has 35 heavy (non-hydrogen) atoms. The number of hydrogen-bond donors (Lipinski definition) is 2. The number of fused-ring (bicyclic) bond motifs is 1.